The average Bonchev–Trinajstić information content (AvgIpc) is 3.72. The van der Waals surface area contributed by atoms with Gasteiger partial charge in [-0.2, -0.15) is 0 Å². The smallest absolute Gasteiger partial charge is 0.307 e. The zero-order chi connectivity index (χ0) is 22.4. The van der Waals surface area contributed by atoms with Gasteiger partial charge in [0.05, 0.1) is 24.9 Å². The zero-order valence-electron chi connectivity index (χ0n) is 17.6. The van der Waals surface area contributed by atoms with Crippen LogP contribution in [0.25, 0.3) is 10.8 Å². The van der Waals surface area contributed by atoms with Crippen molar-refractivity contribution in [1.29, 1.82) is 0 Å². The number of aromatic nitrogens is 1. The molecule has 1 heterocycles. The van der Waals surface area contributed by atoms with Gasteiger partial charge in [0.15, 0.2) is 5.78 Å². The Morgan fingerprint density at radius 2 is 1.91 bits per heavy atom. The molecule has 32 heavy (non-hydrogen) atoms. The lowest BCUT2D eigenvalue weighted by atomic mass is 10.1. The number of fused-ring (bicyclic) bond motifs is 1. The van der Waals surface area contributed by atoms with Crippen LogP contribution in [-0.2, 0) is 4.79 Å². The summed E-state index contributed by atoms with van der Waals surface area (Å²) in [5.41, 5.74) is 2.04. The number of pyridine rings is 1. The highest BCUT2D eigenvalue weighted by Crippen LogP contribution is 2.44. The van der Waals surface area contributed by atoms with E-state index in [4.69, 9.17) is 21.4 Å². The molecule has 7 heteroatoms. The predicted octanol–water partition coefficient (Wildman–Crippen LogP) is 5.35. The third-order valence-electron chi connectivity index (χ3n) is 6.32. The molecule has 2 aromatic carbocycles. The third kappa shape index (κ3) is 3.79. The number of carboxylic acid groups (broad SMARTS) is 1. The number of anilines is 2. The molecule has 2 fully saturated rings. The molecule has 164 valence electrons. The Morgan fingerprint density at radius 1 is 1.16 bits per heavy atom. The highest BCUT2D eigenvalue weighted by atomic mass is 35.5. The topological polar surface area (TPSA) is 79.7 Å². The summed E-state index contributed by atoms with van der Waals surface area (Å²) in [5, 5.41) is 11.9. The van der Waals surface area contributed by atoms with Gasteiger partial charge in [-0.3, -0.25) is 9.59 Å². The van der Waals surface area contributed by atoms with Gasteiger partial charge in [0.2, 0.25) is 0 Å². The second-order valence-corrected chi connectivity index (χ2v) is 8.97. The van der Waals surface area contributed by atoms with Gasteiger partial charge in [0.1, 0.15) is 11.4 Å². The first-order valence-electron chi connectivity index (χ1n) is 10.7. The molecule has 2 aliphatic rings. The summed E-state index contributed by atoms with van der Waals surface area (Å²) >= 11 is 6.44. The number of benzene rings is 2. The van der Waals surface area contributed by atoms with Crippen molar-refractivity contribution in [2.24, 2.45) is 17.8 Å². The molecule has 6 nitrogen and oxygen atoms in total. The quantitative estimate of drug-likeness (QED) is 0.466. The lowest BCUT2D eigenvalue weighted by molar-refractivity contribution is -0.138. The van der Waals surface area contributed by atoms with Crippen LogP contribution in [0.4, 0.5) is 11.4 Å². The number of halogens is 1. The van der Waals surface area contributed by atoms with Crippen molar-refractivity contribution in [1.82, 2.24) is 4.98 Å². The van der Waals surface area contributed by atoms with Crippen LogP contribution in [0.3, 0.4) is 0 Å². The van der Waals surface area contributed by atoms with Gasteiger partial charge in [0, 0.05) is 40.0 Å². The number of hydrogen-bond acceptors (Lipinski definition) is 5. The summed E-state index contributed by atoms with van der Waals surface area (Å²) in [7, 11) is 1.50. The number of nitrogens with zero attached hydrogens (tertiary/aromatic N) is 2. The van der Waals surface area contributed by atoms with E-state index in [2.05, 4.69) is 16.0 Å². The summed E-state index contributed by atoms with van der Waals surface area (Å²) in [5.74, 6) is -1.40. The summed E-state index contributed by atoms with van der Waals surface area (Å²) in [6.07, 6.45) is 4.40. The van der Waals surface area contributed by atoms with Gasteiger partial charge in [-0.1, -0.05) is 35.9 Å². The molecular formula is C25H23ClN2O4. The summed E-state index contributed by atoms with van der Waals surface area (Å²) < 4.78 is 5.52. The van der Waals surface area contributed by atoms with Gasteiger partial charge in [-0.05, 0) is 37.3 Å². The van der Waals surface area contributed by atoms with E-state index in [0.29, 0.717) is 23.1 Å². The minimum atomic E-state index is -0.941. The van der Waals surface area contributed by atoms with Gasteiger partial charge in [0.25, 0.3) is 0 Å². The molecule has 2 atom stereocenters. The first-order valence-corrected chi connectivity index (χ1v) is 11.1. The second kappa shape index (κ2) is 8.10. The fraction of sp³-hybridized carbons (Fsp3) is 0.320. The van der Waals surface area contributed by atoms with Gasteiger partial charge in [-0.25, -0.2) is 4.98 Å². The first kappa shape index (κ1) is 20.8. The van der Waals surface area contributed by atoms with Crippen LogP contribution >= 0.6 is 11.6 Å². The molecule has 2 aliphatic carbocycles. The molecule has 2 unspecified atom stereocenters. The highest BCUT2D eigenvalue weighted by molar-refractivity contribution is 6.36. The van der Waals surface area contributed by atoms with E-state index in [0.717, 1.165) is 28.7 Å². The van der Waals surface area contributed by atoms with Gasteiger partial charge in [-0.15, -0.1) is 0 Å². The Hall–Kier alpha value is -3.12. The van der Waals surface area contributed by atoms with Crippen molar-refractivity contribution in [2.45, 2.75) is 19.3 Å². The van der Waals surface area contributed by atoms with Gasteiger partial charge < -0.3 is 14.7 Å². The lowest BCUT2D eigenvalue weighted by Gasteiger charge is -2.27. The van der Waals surface area contributed by atoms with E-state index in [-0.39, 0.29) is 11.5 Å². The highest BCUT2D eigenvalue weighted by Gasteiger charge is 2.49. The monoisotopic (exact) mass is 450 g/mol. The predicted molar refractivity (Wildman–Crippen MR) is 123 cm³/mol. The van der Waals surface area contributed by atoms with E-state index < -0.39 is 17.8 Å². The average molecular weight is 451 g/mol. The SMILES string of the molecule is COc1cc(N(CC2CC2)c2ccc(Cl)c3ccccc23)cnc1C(=O)C1CC1C(=O)O. The minimum absolute atomic E-state index is 0.192. The van der Waals surface area contributed by atoms with Crippen molar-refractivity contribution in [3.8, 4) is 5.75 Å². The second-order valence-electron chi connectivity index (χ2n) is 8.56. The molecular weight excluding hydrogens is 428 g/mol. The summed E-state index contributed by atoms with van der Waals surface area (Å²) in [4.78, 5) is 30.6. The number of carbonyl (C=O) groups excluding carboxylic acids is 1. The molecule has 5 rings (SSSR count). The molecule has 1 N–H and O–H groups in total. The number of rotatable bonds is 8. The number of aliphatic carboxylic acids is 1. The van der Waals surface area contributed by atoms with Gasteiger partial charge >= 0.3 is 5.97 Å². The molecule has 0 saturated heterocycles. The summed E-state index contributed by atoms with van der Waals surface area (Å²) in [6, 6.07) is 13.8. The number of hydrogen-bond donors (Lipinski definition) is 1. The Bertz CT molecular complexity index is 1220. The van der Waals surface area contributed by atoms with E-state index in [1.165, 1.54) is 20.0 Å². The Balaban J connectivity index is 1.54. The van der Waals surface area contributed by atoms with Crippen LogP contribution in [0, 0.1) is 17.8 Å². The number of carbonyl (C=O) groups is 2. The number of Topliss-reactive ketones (excluding diaryl/α,β-unsaturated/α-hetero) is 1. The molecule has 1 aromatic heterocycles. The maximum absolute atomic E-state index is 12.8. The standard InChI is InChI=1S/C25H23ClN2O4/c1-32-22-10-15(12-27-23(22)24(29)18-11-19(18)25(30)31)28(13-14-6-7-14)21-9-8-20(26)16-4-2-3-5-17(16)21/h2-5,8-10,12,14,18-19H,6-7,11,13H2,1H3,(H,30,31). The van der Waals surface area contributed by atoms with Crippen molar-refractivity contribution in [3.05, 3.63) is 59.4 Å². The third-order valence-corrected chi connectivity index (χ3v) is 6.65. The lowest BCUT2D eigenvalue weighted by Crippen LogP contribution is -2.21. The zero-order valence-corrected chi connectivity index (χ0v) is 18.4. The van der Waals surface area contributed by atoms with Crippen LogP contribution in [0.15, 0.2) is 48.7 Å². The van der Waals surface area contributed by atoms with Crippen LogP contribution in [0.2, 0.25) is 5.02 Å². The molecule has 0 spiro atoms. The van der Waals surface area contributed by atoms with Crippen LogP contribution in [-0.4, -0.2) is 35.5 Å². The molecule has 0 amide bonds. The largest absolute Gasteiger partial charge is 0.494 e. The first-order chi connectivity index (χ1) is 15.5. The number of carboxylic acids is 1. The van der Waals surface area contributed by atoms with Crippen LogP contribution in [0.5, 0.6) is 5.75 Å². The molecule has 0 radical (unpaired) electrons. The number of ketones is 1. The fourth-order valence-corrected chi connectivity index (χ4v) is 4.47. The van der Waals surface area contributed by atoms with Crippen molar-refractivity contribution in [2.75, 3.05) is 18.6 Å². The fourth-order valence-electron chi connectivity index (χ4n) is 4.24. The van der Waals surface area contributed by atoms with Crippen molar-refractivity contribution >= 4 is 45.5 Å². The Labute approximate surface area is 190 Å². The molecule has 0 aliphatic heterocycles. The van der Waals surface area contributed by atoms with Crippen LogP contribution in [0.1, 0.15) is 29.8 Å². The van der Waals surface area contributed by atoms with Crippen molar-refractivity contribution < 1.29 is 19.4 Å². The van der Waals surface area contributed by atoms with E-state index in [1.54, 1.807) is 6.20 Å². The molecule has 3 aromatic rings. The maximum Gasteiger partial charge on any atom is 0.307 e. The molecule has 2 saturated carbocycles. The van der Waals surface area contributed by atoms with Crippen LogP contribution < -0.4 is 9.64 Å². The van der Waals surface area contributed by atoms with Crippen molar-refractivity contribution in [3.63, 3.8) is 0 Å². The molecule has 0 bridgehead atoms. The van der Waals surface area contributed by atoms with E-state index >= 15 is 0 Å². The number of ether oxygens (including phenoxy) is 1. The summed E-state index contributed by atoms with van der Waals surface area (Å²) in [6.45, 7) is 0.827. The normalized spacial score (nSPS) is 19.6. The number of methoxy groups -OCH3 is 1. The maximum atomic E-state index is 12.8. The van der Waals surface area contributed by atoms with E-state index in [9.17, 15) is 9.59 Å². The Kier molecular flexibility index (Phi) is 5.25. The van der Waals surface area contributed by atoms with E-state index in [1.807, 2.05) is 36.4 Å². The minimum Gasteiger partial charge on any atom is -0.494 e. The Morgan fingerprint density at radius 3 is 2.56 bits per heavy atom.